The third-order valence-corrected chi connectivity index (χ3v) is 4.53. The van der Waals surface area contributed by atoms with Crippen LogP contribution in [-0.2, 0) is 9.59 Å². The van der Waals surface area contributed by atoms with Gasteiger partial charge in [-0.15, -0.1) is 0 Å². The predicted molar refractivity (Wildman–Crippen MR) is 110 cm³/mol. The van der Waals surface area contributed by atoms with Gasteiger partial charge in [-0.05, 0) is 46.9 Å². The zero-order chi connectivity index (χ0) is 19.8. The molecule has 0 unspecified atom stereocenters. The third kappa shape index (κ3) is 5.28. The molecule has 5 heteroatoms. The maximum Gasteiger partial charge on any atom is 0.267 e. The normalized spacial score (nSPS) is 14.3. The SMILES string of the molecule is O=C(/C=C/c1cccc(/C=C/C(=O)N2CC=C(c3ccccc3)CC2)c1)NO. The summed E-state index contributed by atoms with van der Waals surface area (Å²) in [4.78, 5) is 25.3. The summed E-state index contributed by atoms with van der Waals surface area (Å²) in [5, 5.41) is 8.51. The zero-order valence-electron chi connectivity index (χ0n) is 15.4. The molecule has 0 saturated heterocycles. The molecule has 0 aromatic heterocycles. The van der Waals surface area contributed by atoms with E-state index >= 15 is 0 Å². The maximum absolute atomic E-state index is 12.5. The first-order valence-electron chi connectivity index (χ1n) is 9.09. The molecule has 28 heavy (non-hydrogen) atoms. The van der Waals surface area contributed by atoms with Crippen molar-refractivity contribution in [3.05, 3.63) is 89.5 Å². The van der Waals surface area contributed by atoms with Crippen LogP contribution in [0, 0.1) is 0 Å². The monoisotopic (exact) mass is 374 g/mol. The lowest BCUT2D eigenvalue weighted by Crippen LogP contribution is -2.33. The minimum Gasteiger partial charge on any atom is -0.335 e. The van der Waals surface area contributed by atoms with E-state index in [-0.39, 0.29) is 5.91 Å². The van der Waals surface area contributed by atoms with Crippen molar-refractivity contribution in [2.75, 3.05) is 13.1 Å². The van der Waals surface area contributed by atoms with Crippen molar-refractivity contribution < 1.29 is 14.8 Å². The minimum absolute atomic E-state index is 0.0241. The quantitative estimate of drug-likeness (QED) is 0.478. The number of nitrogens with one attached hydrogen (secondary N) is 1. The van der Waals surface area contributed by atoms with Crippen LogP contribution in [0.15, 0.2) is 72.8 Å². The van der Waals surface area contributed by atoms with E-state index in [0.29, 0.717) is 13.1 Å². The van der Waals surface area contributed by atoms with Crippen LogP contribution in [-0.4, -0.2) is 35.0 Å². The molecular weight excluding hydrogens is 352 g/mol. The van der Waals surface area contributed by atoms with E-state index in [1.807, 2.05) is 47.4 Å². The van der Waals surface area contributed by atoms with Gasteiger partial charge in [-0.1, -0.05) is 54.6 Å². The Morgan fingerprint density at radius 1 is 0.964 bits per heavy atom. The predicted octanol–water partition coefficient (Wildman–Crippen LogP) is 3.53. The zero-order valence-corrected chi connectivity index (χ0v) is 15.4. The lowest BCUT2D eigenvalue weighted by atomic mass is 9.99. The summed E-state index contributed by atoms with van der Waals surface area (Å²) >= 11 is 0. The first kappa shape index (κ1) is 19.3. The number of hydrogen-bond acceptors (Lipinski definition) is 3. The summed E-state index contributed by atoms with van der Waals surface area (Å²) in [6.07, 6.45) is 9.12. The average Bonchev–Trinajstić information content (AvgIpc) is 2.76. The fourth-order valence-corrected chi connectivity index (χ4v) is 3.03. The smallest absolute Gasteiger partial charge is 0.267 e. The van der Waals surface area contributed by atoms with Crippen molar-refractivity contribution in [2.45, 2.75) is 6.42 Å². The van der Waals surface area contributed by atoms with Gasteiger partial charge in [0.05, 0.1) is 0 Å². The second-order valence-corrected chi connectivity index (χ2v) is 6.44. The number of carbonyl (C=O) groups excluding carboxylic acids is 2. The van der Waals surface area contributed by atoms with Gasteiger partial charge in [0, 0.05) is 25.2 Å². The lowest BCUT2D eigenvalue weighted by Gasteiger charge is -2.25. The highest BCUT2D eigenvalue weighted by atomic mass is 16.5. The molecule has 0 fully saturated rings. The number of hydrogen-bond donors (Lipinski definition) is 2. The summed E-state index contributed by atoms with van der Waals surface area (Å²) in [5.74, 6) is -0.617. The molecule has 2 aromatic rings. The maximum atomic E-state index is 12.5. The van der Waals surface area contributed by atoms with Gasteiger partial charge in [-0.3, -0.25) is 14.8 Å². The Morgan fingerprint density at radius 2 is 1.68 bits per heavy atom. The van der Waals surface area contributed by atoms with Crippen molar-refractivity contribution in [3.63, 3.8) is 0 Å². The fraction of sp³-hybridized carbons (Fsp3) is 0.130. The van der Waals surface area contributed by atoms with Crippen molar-refractivity contribution in [1.29, 1.82) is 0 Å². The van der Waals surface area contributed by atoms with Gasteiger partial charge in [-0.25, -0.2) is 5.48 Å². The standard InChI is InChI=1S/C23H22N2O3/c26-22(24-28)11-9-18-5-4-6-19(17-18)10-12-23(27)25-15-13-21(14-16-25)20-7-2-1-3-8-20/h1-13,17,28H,14-16H2,(H,24,26)/b11-9+,12-10+. The first-order valence-corrected chi connectivity index (χ1v) is 9.09. The molecule has 0 bridgehead atoms. The summed E-state index contributed by atoms with van der Waals surface area (Å²) in [6, 6.07) is 17.7. The van der Waals surface area contributed by atoms with Gasteiger partial charge >= 0.3 is 0 Å². The number of benzene rings is 2. The molecule has 0 saturated carbocycles. The Labute approximate surface area is 164 Å². The Bertz CT molecular complexity index is 930. The molecular formula is C23H22N2O3. The van der Waals surface area contributed by atoms with Gasteiger partial charge in [-0.2, -0.15) is 0 Å². The van der Waals surface area contributed by atoms with E-state index in [0.717, 1.165) is 17.5 Å². The van der Waals surface area contributed by atoms with Crippen LogP contribution in [0.1, 0.15) is 23.1 Å². The second kappa shape index (κ2) is 9.48. The number of rotatable bonds is 5. The van der Waals surface area contributed by atoms with E-state index < -0.39 is 5.91 Å². The number of hydroxylamine groups is 1. The van der Waals surface area contributed by atoms with Crippen molar-refractivity contribution in [1.82, 2.24) is 10.4 Å². The highest BCUT2D eigenvalue weighted by molar-refractivity contribution is 5.93. The lowest BCUT2D eigenvalue weighted by molar-refractivity contribution is -0.125. The molecule has 2 aromatic carbocycles. The Morgan fingerprint density at radius 3 is 2.32 bits per heavy atom. The third-order valence-electron chi connectivity index (χ3n) is 4.53. The first-order chi connectivity index (χ1) is 13.7. The van der Waals surface area contributed by atoms with Crippen molar-refractivity contribution in [3.8, 4) is 0 Å². The molecule has 2 N–H and O–H groups in total. The largest absolute Gasteiger partial charge is 0.335 e. The highest BCUT2D eigenvalue weighted by Crippen LogP contribution is 2.22. The Hall–Kier alpha value is -3.44. The molecule has 1 heterocycles. The summed E-state index contributed by atoms with van der Waals surface area (Å²) < 4.78 is 0. The van der Waals surface area contributed by atoms with Crippen LogP contribution in [0.5, 0.6) is 0 Å². The van der Waals surface area contributed by atoms with Crippen LogP contribution in [0.25, 0.3) is 17.7 Å². The molecule has 142 valence electrons. The molecule has 0 atom stereocenters. The molecule has 1 aliphatic heterocycles. The van der Waals surface area contributed by atoms with E-state index in [4.69, 9.17) is 5.21 Å². The van der Waals surface area contributed by atoms with Gasteiger partial charge in [0.1, 0.15) is 0 Å². The van der Waals surface area contributed by atoms with Crippen molar-refractivity contribution in [2.24, 2.45) is 0 Å². The van der Waals surface area contributed by atoms with E-state index in [1.165, 1.54) is 17.2 Å². The Balaban J connectivity index is 1.61. The van der Waals surface area contributed by atoms with Crippen LogP contribution in [0.2, 0.25) is 0 Å². The van der Waals surface area contributed by atoms with Crippen molar-refractivity contribution >= 4 is 29.5 Å². The van der Waals surface area contributed by atoms with Gasteiger partial charge in [0.25, 0.3) is 5.91 Å². The van der Waals surface area contributed by atoms with Crippen LogP contribution in [0.4, 0.5) is 0 Å². The Kier molecular flexibility index (Phi) is 6.54. The summed E-state index contributed by atoms with van der Waals surface area (Å²) in [5.41, 5.74) is 5.69. The number of nitrogens with zero attached hydrogens (tertiary/aromatic N) is 1. The van der Waals surface area contributed by atoms with Gasteiger partial charge in [0.15, 0.2) is 0 Å². The average molecular weight is 374 g/mol. The van der Waals surface area contributed by atoms with Gasteiger partial charge in [0.2, 0.25) is 5.91 Å². The molecule has 0 aliphatic carbocycles. The fourth-order valence-electron chi connectivity index (χ4n) is 3.03. The highest BCUT2D eigenvalue weighted by Gasteiger charge is 2.15. The van der Waals surface area contributed by atoms with E-state index in [1.54, 1.807) is 23.7 Å². The number of amides is 2. The van der Waals surface area contributed by atoms with Gasteiger partial charge < -0.3 is 4.90 Å². The van der Waals surface area contributed by atoms with Crippen LogP contribution < -0.4 is 5.48 Å². The molecule has 5 nitrogen and oxygen atoms in total. The topological polar surface area (TPSA) is 69.6 Å². The molecule has 2 amide bonds. The molecule has 0 radical (unpaired) electrons. The molecule has 0 spiro atoms. The molecule has 1 aliphatic rings. The van der Waals surface area contributed by atoms with Crippen LogP contribution in [0.3, 0.4) is 0 Å². The second-order valence-electron chi connectivity index (χ2n) is 6.44. The van der Waals surface area contributed by atoms with E-state index in [2.05, 4.69) is 18.2 Å². The summed E-state index contributed by atoms with van der Waals surface area (Å²) in [7, 11) is 0. The summed E-state index contributed by atoms with van der Waals surface area (Å²) in [6.45, 7) is 1.30. The minimum atomic E-state index is -0.593. The van der Waals surface area contributed by atoms with Crippen LogP contribution >= 0.6 is 0 Å². The number of carbonyl (C=O) groups is 2. The molecule has 3 rings (SSSR count). The van der Waals surface area contributed by atoms with E-state index in [9.17, 15) is 9.59 Å².